The Bertz CT molecular complexity index is 964. The first-order valence-corrected chi connectivity index (χ1v) is 17.9. The highest BCUT2D eigenvalue weighted by Crippen LogP contribution is 2.29. The molecule has 0 heterocycles. The van der Waals surface area contributed by atoms with Crippen LogP contribution in [0.25, 0.3) is 0 Å². The summed E-state index contributed by atoms with van der Waals surface area (Å²) in [6.45, 7) is 2.02. The van der Waals surface area contributed by atoms with Crippen LogP contribution in [0, 0.1) is 5.92 Å². The van der Waals surface area contributed by atoms with Gasteiger partial charge in [-0.15, -0.1) is 0 Å². The van der Waals surface area contributed by atoms with Crippen molar-refractivity contribution in [2.24, 2.45) is 5.92 Å². The number of rotatable bonds is 9. The molecular formula is C26H50N4O6S2. The van der Waals surface area contributed by atoms with Gasteiger partial charge in [0.05, 0.1) is 12.1 Å². The van der Waals surface area contributed by atoms with Crippen molar-refractivity contribution in [3.63, 3.8) is 0 Å². The molecule has 10 nitrogen and oxygen atoms in total. The SMILES string of the molecule is CNC1CCC([NH2+]C2CCC(NC3CCC([NH2+]C4CCC(C)CC4S(=O)(=O)[O-])CC3)CC2S(=O)(=O)[O-])CC1. The Balaban J connectivity index is 1.24. The molecule has 4 aliphatic carbocycles. The molecule has 0 aromatic rings. The van der Waals surface area contributed by atoms with Crippen LogP contribution in [0.2, 0.25) is 0 Å². The summed E-state index contributed by atoms with van der Waals surface area (Å²) < 4.78 is 72.3. The second kappa shape index (κ2) is 13.1. The van der Waals surface area contributed by atoms with E-state index < -0.39 is 30.7 Å². The van der Waals surface area contributed by atoms with Gasteiger partial charge in [-0.05, 0) is 64.3 Å². The van der Waals surface area contributed by atoms with E-state index in [1.807, 2.05) is 14.0 Å². The number of nitrogens with two attached hydrogens (primary N) is 2. The van der Waals surface area contributed by atoms with Crippen molar-refractivity contribution >= 4 is 20.2 Å². The van der Waals surface area contributed by atoms with Gasteiger partial charge in [-0.25, -0.2) is 16.8 Å². The first-order valence-electron chi connectivity index (χ1n) is 14.9. The van der Waals surface area contributed by atoms with E-state index in [9.17, 15) is 25.9 Å². The summed E-state index contributed by atoms with van der Waals surface area (Å²) in [7, 11) is -6.68. The molecule has 4 rings (SSSR count). The zero-order valence-corrected chi connectivity index (χ0v) is 24.7. The molecular weight excluding hydrogens is 528 g/mol. The summed E-state index contributed by atoms with van der Waals surface area (Å²) in [6, 6.07) is 1.27. The predicted octanol–water partition coefficient (Wildman–Crippen LogP) is -0.518. The second-order valence-electron chi connectivity index (χ2n) is 12.9. The van der Waals surface area contributed by atoms with Gasteiger partial charge < -0.3 is 30.4 Å². The van der Waals surface area contributed by atoms with Gasteiger partial charge in [-0.1, -0.05) is 6.92 Å². The minimum Gasteiger partial charge on any atom is -0.748 e. The normalized spacial score (nSPS) is 41.6. The monoisotopic (exact) mass is 578 g/mol. The first-order chi connectivity index (χ1) is 17.9. The van der Waals surface area contributed by atoms with E-state index in [2.05, 4.69) is 21.3 Å². The van der Waals surface area contributed by atoms with Crippen molar-refractivity contribution in [2.45, 2.75) is 150 Å². The molecule has 4 fully saturated rings. The molecule has 0 aliphatic heterocycles. The molecule has 0 aromatic heterocycles. The summed E-state index contributed by atoms with van der Waals surface area (Å²) in [5.41, 5.74) is 0. The van der Waals surface area contributed by atoms with E-state index in [0.29, 0.717) is 31.0 Å². The Hall–Kier alpha value is -0.340. The maximum absolute atomic E-state index is 12.2. The molecule has 4 saturated carbocycles. The third-order valence-corrected chi connectivity index (χ3v) is 12.7. The fourth-order valence-corrected chi connectivity index (χ4v) is 10.2. The zero-order chi connectivity index (χ0) is 27.5. The highest BCUT2D eigenvalue weighted by Gasteiger charge is 2.41. The first kappa shape index (κ1) is 30.6. The third-order valence-electron chi connectivity index (χ3n) is 10.2. The van der Waals surface area contributed by atoms with Crippen molar-refractivity contribution in [1.29, 1.82) is 0 Å². The highest BCUT2D eigenvalue weighted by atomic mass is 32.2. The topological polar surface area (TPSA) is 172 Å². The standard InChI is InChI=1S/C26H50N4O6S2/c1-17-3-13-23(25(15-17)37(31,32)33)29-21-10-8-19(9-11-21)28-22-12-14-24(26(16-22)38(34,35)36)30-20-6-4-18(27-2)5-7-20/h17-30H,3-16H2,1-2H3,(H,31,32,33)(H,34,35,36). The quantitative estimate of drug-likeness (QED) is 0.265. The van der Waals surface area contributed by atoms with E-state index >= 15 is 0 Å². The Morgan fingerprint density at radius 2 is 1.05 bits per heavy atom. The van der Waals surface area contributed by atoms with E-state index in [1.54, 1.807) is 0 Å². The van der Waals surface area contributed by atoms with Crippen LogP contribution in [-0.2, 0) is 20.2 Å². The van der Waals surface area contributed by atoms with Gasteiger partial charge in [-0.2, -0.15) is 0 Å². The molecule has 6 N–H and O–H groups in total. The highest BCUT2D eigenvalue weighted by molar-refractivity contribution is 7.86. The molecule has 0 spiro atoms. The summed E-state index contributed by atoms with van der Waals surface area (Å²) in [6.07, 6.45) is 12.3. The molecule has 38 heavy (non-hydrogen) atoms. The minimum absolute atomic E-state index is 0.0359. The third kappa shape index (κ3) is 8.34. The number of quaternary nitrogens is 2. The summed E-state index contributed by atoms with van der Waals surface area (Å²) in [5.74, 6) is 0.274. The maximum Gasteiger partial charge on any atom is 0.103 e. The Labute approximate surface area is 229 Å². The lowest BCUT2D eigenvalue weighted by Gasteiger charge is -2.41. The Kier molecular flexibility index (Phi) is 10.6. The van der Waals surface area contributed by atoms with E-state index in [0.717, 1.165) is 77.0 Å². The van der Waals surface area contributed by atoms with Crippen LogP contribution in [0.3, 0.4) is 0 Å². The van der Waals surface area contributed by atoms with Crippen LogP contribution >= 0.6 is 0 Å². The average molecular weight is 579 g/mol. The van der Waals surface area contributed by atoms with Crippen LogP contribution in [0.5, 0.6) is 0 Å². The molecule has 0 amide bonds. The van der Waals surface area contributed by atoms with Crippen molar-refractivity contribution in [3.05, 3.63) is 0 Å². The average Bonchev–Trinajstić information content (AvgIpc) is 2.86. The lowest BCUT2D eigenvalue weighted by molar-refractivity contribution is -0.725. The lowest BCUT2D eigenvalue weighted by Crippen LogP contribution is -2.98. The number of nitrogens with one attached hydrogen (secondary N) is 2. The van der Waals surface area contributed by atoms with Gasteiger partial charge >= 0.3 is 0 Å². The van der Waals surface area contributed by atoms with E-state index in [4.69, 9.17) is 0 Å². The lowest BCUT2D eigenvalue weighted by atomic mass is 9.84. The number of hydrogen-bond acceptors (Lipinski definition) is 8. The smallest absolute Gasteiger partial charge is 0.103 e. The van der Waals surface area contributed by atoms with Gasteiger partial charge in [-0.3, -0.25) is 0 Å². The molecule has 12 heteroatoms. The molecule has 6 atom stereocenters. The Morgan fingerprint density at radius 1 is 0.605 bits per heavy atom. The predicted molar refractivity (Wildman–Crippen MR) is 143 cm³/mol. The van der Waals surface area contributed by atoms with Gasteiger partial charge in [0.2, 0.25) is 0 Å². The Morgan fingerprint density at radius 3 is 1.55 bits per heavy atom. The molecule has 0 radical (unpaired) electrons. The van der Waals surface area contributed by atoms with E-state index in [-0.39, 0.29) is 30.1 Å². The molecule has 6 unspecified atom stereocenters. The molecule has 0 aromatic carbocycles. The van der Waals surface area contributed by atoms with Crippen molar-refractivity contribution < 1.29 is 36.6 Å². The summed E-state index contributed by atoms with van der Waals surface area (Å²) in [5, 5.41) is 9.73. The van der Waals surface area contributed by atoms with Crippen LogP contribution in [0.4, 0.5) is 0 Å². The molecule has 0 saturated heterocycles. The van der Waals surface area contributed by atoms with Crippen molar-refractivity contribution in [3.8, 4) is 0 Å². The molecule has 4 aliphatic rings. The fraction of sp³-hybridized carbons (Fsp3) is 1.00. The summed E-state index contributed by atoms with van der Waals surface area (Å²) in [4.78, 5) is 0. The van der Waals surface area contributed by atoms with Crippen LogP contribution in [-0.4, -0.2) is 85.8 Å². The number of hydrogen-bond donors (Lipinski definition) is 4. The van der Waals surface area contributed by atoms with Crippen LogP contribution in [0.15, 0.2) is 0 Å². The molecule has 0 bridgehead atoms. The minimum atomic E-state index is -4.37. The van der Waals surface area contributed by atoms with Gasteiger partial charge in [0.25, 0.3) is 0 Å². The van der Waals surface area contributed by atoms with Crippen molar-refractivity contribution in [2.75, 3.05) is 7.05 Å². The van der Waals surface area contributed by atoms with Gasteiger partial charge in [0.1, 0.15) is 42.8 Å². The van der Waals surface area contributed by atoms with Gasteiger partial charge in [0, 0.05) is 56.7 Å². The largest absolute Gasteiger partial charge is 0.748 e. The van der Waals surface area contributed by atoms with Gasteiger partial charge in [0.15, 0.2) is 0 Å². The van der Waals surface area contributed by atoms with Crippen molar-refractivity contribution in [1.82, 2.24) is 10.6 Å². The molecule has 222 valence electrons. The fourth-order valence-electron chi connectivity index (χ4n) is 7.87. The maximum atomic E-state index is 12.2. The van der Waals surface area contributed by atoms with Crippen LogP contribution in [0.1, 0.15) is 96.8 Å². The second-order valence-corrected chi connectivity index (χ2v) is 16.1. The zero-order valence-electron chi connectivity index (χ0n) is 23.1. The van der Waals surface area contributed by atoms with E-state index in [1.165, 1.54) is 0 Å². The summed E-state index contributed by atoms with van der Waals surface area (Å²) >= 11 is 0. The van der Waals surface area contributed by atoms with Crippen LogP contribution < -0.4 is 21.3 Å².